The first-order valence-electron chi connectivity index (χ1n) is 5.33. The van der Waals surface area contributed by atoms with Gasteiger partial charge in [-0.15, -0.1) is 0 Å². The normalized spacial score (nSPS) is 9.90. The summed E-state index contributed by atoms with van der Waals surface area (Å²) in [5.41, 5.74) is 1.15. The van der Waals surface area contributed by atoms with Gasteiger partial charge >= 0.3 is 19.5 Å². The Hall–Kier alpha value is -2.54. The van der Waals surface area contributed by atoms with E-state index >= 15 is 0 Å². The predicted octanol–water partition coefficient (Wildman–Crippen LogP) is -1.66. The summed E-state index contributed by atoms with van der Waals surface area (Å²) >= 11 is 0. The number of aliphatic carboxylic acids is 2. The van der Waals surface area contributed by atoms with Crippen LogP contribution in [-0.2, 0) is 29.1 Å². The fourth-order valence-electron chi connectivity index (χ4n) is 1.03. The molecule has 0 spiro atoms. The number of imidazole rings is 2. The van der Waals surface area contributed by atoms with Crippen LogP contribution < -0.4 is 10.2 Å². The number of carboxylic acids is 2. The second kappa shape index (κ2) is 10.3. The minimum atomic E-state index is -1.22. The maximum Gasteiger partial charge on any atom is 2.00 e. The minimum absolute atomic E-state index is 0. The third-order valence-electron chi connectivity index (χ3n) is 1.82. The molecule has 0 amide bonds. The van der Waals surface area contributed by atoms with Crippen molar-refractivity contribution in [2.24, 2.45) is 0 Å². The average Bonchev–Trinajstić information content (AvgIpc) is 3.08. The molecule has 104 valence electrons. The molecule has 0 aliphatic carbocycles. The number of carbonyl (C=O) groups is 2. The third kappa shape index (κ3) is 9.06. The maximum absolute atomic E-state index is 9.86. The molecule has 0 saturated carbocycles. The van der Waals surface area contributed by atoms with E-state index in [1.54, 1.807) is 12.4 Å². The number of hydrogen-bond donors (Lipinski definition) is 2. The van der Waals surface area contributed by atoms with Gasteiger partial charge in [-0.2, -0.15) is 0 Å². The first kappa shape index (κ1) is 18.5. The van der Waals surface area contributed by atoms with Crippen molar-refractivity contribution in [3.63, 3.8) is 0 Å². The number of rotatable bonds is 4. The van der Waals surface area contributed by atoms with Crippen molar-refractivity contribution >= 4 is 24.1 Å². The predicted molar refractivity (Wildman–Crippen MR) is 65.3 cm³/mol. The molecule has 2 N–H and O–H groups in total. The zero-order chi connectivity index (χ0) is 14.8. The Labute approximate surface area is 132 Å². The molecule has 0 fully saturated rings. The van der Waals surface area contributed by atoms with Gasteiger partial charge in [-0.25, -0.2) is 9.97 Å². The molecule has 2 aromatic rings. The van der Waals surface area contributed by atoms with Crippen LogP contribution in [0.25, 0.3) is 12.2 Å². The first-order valence-corrected chi connectivity index (χ1v) is 5.33. The van der Waals surface area contributed by atoms with Crippen LogP contribution in [0, 0.1) is 0 Å². The molecule has 8 nitrogen and oxygen atoms in total. The summed E-state index contributed by atoms with van der Waals surface area (Å²) < 4.78 is 0. The summed E-state index contributed by atoms with van der Waals surface area (Å²) in [6.07, 6.45) is 10.7. The number of hydrogen-bond acceptors (Lipinski definition) is 6. The molecule has 0 aliphatic heterocycles. The molecule has 2 rings (SSSR count). The first-order chi connectivity index (χ1) is 9.58. The van der Waals surface area contributed by atoms with Gasteiger partial charge in [-0.05, 0) is 24.3 Å². The van der Waals surface area contributed by atoms with Crippen LogP contribution >= 0.6 is 0 Å². The molecule has 0 bridgehead atoms. The molecular weight excluding hydrogens is 330 g/mol. The summed E-state index contributed by atoms with van der Waals surface area (Å²) in [6, 6.07) is 0. The molecule has 0 saturated heterocycles. The van der Waals surface area contributed by atoms with Gasteiger partial charge in [0.15, 0.2) is 0 Å². The van der Waals surface area contributed by atoms with Gasteiger partial charge in [0.1, 0.15) is 0 Å². The molecular formula is C12H10N4O4Zn. The van der Waals surface area contributed by atoms with Crippen LogP contribution in [0.1, 0.15) is 11.4 Å². The quantitative estimate of drug-likeness (QED) is 0.505. The fourth-order valence-corrected chi connectivity index (χ4v) is 1.03. The van der Waals surface area contributed by atoms with Gasteiger partial charge in [0.25, 0.3) is 0 Å². The van der Waals surface area contributed by atoms with Gasteiger partial charge in [0.2, 0.25) is 0 Å². The van der Waals surface area contributed by atoms with Crippen LogP contribution in [0.4, 0.5) is 0 Å². The Morgan fingerprint density at radius 2 is 1.29 bits per heavy atom. The van der Waals surface area contributed by atoms with E-state index in [9.17, 15) is 19.8 Å². The Morgan fingerprint density at radius 3 is 1.52 bits per heavy atom. The van der Waals surface area contributed by atoms with Crippen LogP contribution in [0.5, 0.6) is 0 Å². The monoisotopic (exact) mass is 338 g/mol. The Morgan fingerprint density at radius 1 is 0.905 bits per heavy atom. The van der Waals surface area contributed by atoms with E-state index in [1.807, 2.05) is 0 Å². The molecule has 0 unspecified atom stereocenters. The van der Waals surface area contributed by atoms with Gasteiger partial charge in [-0.1, -0.05) is 0 Å². The SMILES string of the molecule is O=C([O-])C=Cc1c[nH]cn1.O=C([O-])C=Cc1c[nH]cn1.[Zn+2]. The van der Waals surface area contributed by atoms with Crippen molar-refractivity contribution in [1.82, 2.24) is 19.9 Å². The smallest absolute Gasteiger partial charge is 0.545 e. The average molecular weight is 340 g/mol. The topological polar surface area (TPSA) is 138 Å². The number of aromatic nitrogens is 4. The molecule has 0 atom stereocenters. The summed E-state index contributed by atoms with van der Waals surface area (Å²) in [4.78, 5) is 32.6. The number of nitrogens with zero attached hydrogens (tertiary/aromatic N) is 2. The Balaban J connectivity index is 0.000000364. The summed E-state index contributed by atoms with van der Waals surface area (Å²) in [5.74, 6) is -2.44. The molecule has 9 heteroatoms. The minimum Gasteiger partial charge on any atom is -0.545 e. The van der Waals surface area contributed by atoms with Crippen molar-refractivity contribution in [1.29, 1.82) is 0 Å². The number of carbonyl (C=O) groups excluding carboxylic acids is 2. The summed E-state index contributed by atoms with van der Waals surface area (Å²) in [5, 5.41) is 19.7. The standard InChI is InChI=1S/2C6H6N2O2.Zn/c2*9-6(10)2-1-5-3-7-4-8-5;/h2*1-4H,(H,7,8)(H,9,10);/q;;+2/p-2. The Bertz CT molecular complexity index is 537. The van der Waals surface area contributed by atoms with E-state index in [1.165, 1.54) is 24.8 Å². The number of aromatic amines is 2. The van der Waals surface area contributed by atoms with Crippen LogP contribution in [-0.4, -0.2) is 31.9 Å². The van der Waals surface area contributed by atoms with Crippen molar-refractivity contribution in [2.45, 2.75) is 0 Å². The van der Waals surface area contributed by atoms with Gasteiger partial charge in [0, 0.05) is 12.4 Å². The second-order valence-corrected chi connectivity index (χ2v) is 3.29. The van der Waals surface area contributed by atoms with E-state index in [2.05, 4.69) is 19.9 Å². The summed E-state index contributed by atoms with van der Waals surface area (Å²) in [7, 11) is 0. The fraction of sp³-hybridized carbons (Fsp3) is 0. The zero-order valence-electron chi connectivity index (χ0n) is 10.9. The second-order valence-electron chi connectivity index (χ2n) is 3.29. The van der Waals surface area contributed by atoms with E-state index < -0.39 is 11.9 Å². The molecule has 21 heavy (non-hydrogen) atoms. The third-order valence-corrected chi connectivity index (χ3v) is 1.82. The number of carboxylic acid groups (broad SMARTS) is 2. The van der Waals surface area contributed by atoms with E-state index in [0.717, 1.165) is 12.2 Å². The van der Waals surface area contributed by atoms with Crippen LogP contribution in [0.3, 0.4) is 0 Å². The van der Waals surface area contributed by atoms with Crippen molar-refractivity contribution in [2.75, 3.05) is 0 Å². The van der Waals surface area contributed by atoms with Crippen molar-refractivity contribution in [3.8, 4) is 0 Å². The molecule has 2 aromatic heterocycles. The van der Waals surface area contributed by atoms with E-state index in [-0.39, 0.29) is 19.5 Å². The molecule has 2 heterocycles. The molecule has 0 aliphatic rings. The molecule has 0 radical (unpaired) electrons. The van der Waals surface area contributed by atoms with E-state index in [0.29, 0.717) is 11.4 Å². The van der Waals surface area contributed by atoms with Gasteiger partial charge < -0.3 is 29.8 Å². The van der Waals surface area contributed by atoms with Gasteiger partial charge in [0.05, 0.1) is 36.0 Å². The van der Waals surface area contributed by atoms with E-state index in [4.69, 9.17) is 0 Å². The Kier molecular flexibility index (Phi) is 9.03. The van der Waals surface area contributed by atoms with Crippen molar-refractivity contribution < 1.29 is 39.3 Å². The molecule has 0 aromatic carbocycles. The largest absolute Gasteiger partial charge is 2.00 e. The number of nitrogens with one attached hydrogen (secondary N) is 2. The number of H-pyrrole nitrogens is 2. The van der Waals surface area contributed by atoms with Crippen LogP contribution in [0.15, 0.2) is 37.2 Å². The van der Waals surface area contributed by atoms with Crippen molar-refractivity contribution in [3.05, 3.63) is 48.6 Å². The van der Waals surface area contributed by atoms with Crippen LogP contribution in [0.2, 0.25) is 0 Å². The zero-order valence-corrected chi connectivity index (χ0v) is 13.8. The summed E-state index contributed by atoms with van der Waals surface area (Å²) in [6.45, 7) is 0. The maximum atomic E-state index is 9.86. The van der Waals surface area contributed by atoms with Gasteiger partial charge in [-0.3, -0.25) is 0 Å².